The van der Waals surface area contributed by atoms with E-state index in [0.717, 1.165) is 19.4 Å². The summed E-state index contributed by atoms with van der Waals surface area (Å²) in [6.45, 7) is 4.61. The molecule has 1 atom stereocenters. The summed E-state index contributed by atoms with van der Waals surface area (Å²) in [4.78, 5) is 0. The van der Waals surface area contributed by atoms with Gasteiger partial charge in [0.05, 0.1) is 12.2 Å². The zero-order valence-corrected chi connectivity index (χ0v) is 5.47. The summed E-state index contributed by atoms with van der Waals surface area (Å²) in [5.41, 5.74) is -0.0174. The van der Waals surface area contributed by atoms with Gasteiger partial charge in [0.1, 0.15) is 0 Å². The second-order valence-corrected chi connectivity index (χ2v) is 2.44. The lowest BCUT2D eigenvalue weighted by Crippen LogP contribution is -2.11. The highest BCUT2D eigenvalue weighted by Crippen LogP contribution is 2.34. The monoisotopic (exact) mass is 128 g/mol. The Morgan fingerprint density at radius 2 is 2.44 bits per heavy atom. The maximum absolute atomic E-state index is 8.55. The molecule has 1 N–H and O–H groups in total. The fourth-order valence-corrected chi connectivity index (χ4v) is 0.933. The van der Waals surface area contributed by atoms with Gasteiger partial charge >= 0.3 is 0 Å². The Labute approximate surface area is 55.1 Å². The molecule has 2 nitrogen and oxygen atoms in total. The number of epoxide rings is 1. The lowest BCUT2D eigenvalue weighted by Gasteiger charge is -2.04. The molecule has 0 aromatic rings. The third-order valence-corrected chi connectivity index (χ3v) is 1.64. The van der Waals surface area contributed by atoms with E-state index in [1.807, 2.05) is 6.08 Å². The first-order chi connectivity index (χ1) is 4.33. The molecule has 0 saturated carbocycles. The van der Waals surface area contributed by atoms with Gasteiger partial charge in [-0.2, -0.15) is 0 Å². The van der Waals surface area contributed by atoms with E-state index in [4.69, 9.17) is 9.84 Å². The zero-order chi connectivity index (χ0) is 6.74. The van der Waals surface area contributed by atoms with Crippen molar-refractivity contribution in [1.82, 2.24) is 0 Å². The van der Waals surface area contributed by atoms with Crippen LogP contribution in [-0.2, 0) is 4.74 Å². The van der Waals surface area contributed by atoms with Crippen LogP contribution in [0.15, 0.2) is 12.7 Å². The molecule has 1 heterocycles. The van der Waals surface area contributed by atoms with Crippen LogP contribution in [-0.4, -0.2) is 23.9 Å². The van der Waals surface area contributed by atoms with Crippen LogP contribution >= 0.6 is 0 Å². The molecule has 52 valence electrons. The molecule has 0 radical (unpaired) electrons. The van der Waals surface area contributed by atoms with Gasteiger partial charge in [0.25, 0.3) is 0 Å². The molecule has 0 amide bonds. The van der Waals surface area contributed by atoms with Crippen molar-refractivity contribution in [3.63, 3.8) is 0 Å². The molecular formula is C7H12O2. The third-order valence-electron chi connectivity index (χ3n) is 1.64. The zero-order valence-electron chi connectivity index (χ0n) is 5.47. The van der Waals surface area contributed by atoms with Gasteiger partial charge in [-0.3, -0.25) is 0 Å². The van der Waals surface area contributed by atoms with Gasteiger partial charge in [-0.25, -0.2) is 0 Å². The number of aliphatic hydroxyl groups is 1. The smallest absolute Gasteiger partial charge is 0.0972 e. The standard InChI is InChI=1S/C7H12O2/c1-2-3-7(4-5-8)6-9-7/h2,8H,1,3-6H2. The Balaban J connectivity index is 2.24. The van der Waals surface area contributed by atoms with E-state index in [1.54, 1.807) is 0 Å². The van der Waals surface area contributed by atoms with Crippen molar-refractivity contribution in [2.45, 2.75) is 18.4 Å². The molecule has 0 aliphatic carbocycles. The van der Waals surface area contributed by atoms with Crippen molar-refractivity contribution in [3.8, 4) is 0 Å². The van der Waals surface area contributed by atoms with Crippen LogP contribution < -0.4 is 0 Å². The normalized spacial score (nSPS) is 32.1. The number of hydrogen-bond acceptors (Lipinski definition) is 2. The molecule has 2 heteroatoms. The van der Waals surface area contributed by atoms with Gasteiger partial charge in [-0.1, -0.05) is 6.08 Å². The summed E-state index contributed by atoms with van der Waals surface area (Å²) in [6.07, 6.45) is 3.45. The van der Waals surface area contributed by atoms with E-state index in [1.165, 1.54) is 0 Å². The maximum atomic E-state index is 8.55. The second-order valence-electron chi connectivity index (χ2n) is 2.44. The first kappa shape index (κ1) is 6.78. The third kappa shape index (κ3) is 1.53. The molecule has 1 aliphatic heterocycles. The van der Waals surface area contributed by atoms with Crippen LogP contribution in [0.4, 0.5) is 0 Å². The van der Waals surface area contributed by atoms with E-state index >= 15 is 0 Å². The maximum Gasteiger partial charge on any atom is 0.0972 e. The van der Waals surface area contributed by atoms with Gasteiger partial charge in [0.15, 0.2) is 0 Å². The van der Waals surface area contributed by atoms with Gasteiger partial charge in [0.2, 0.25) is 0 Å². The molecule has 1 unspecified atom stereocenters. The summed E-state index contributed by atoms with van der Waals surface area (Å²) in [6, 6.07) is 0. The highest BCUT2D eigenvalue weighted by atomic mass is 16.6. The Kier molecular flexibility index (Phi) is 1.88. The van der Waals surface area contributed by atoms with E-state index in [0.29, 0.717) is 0 Å². The molecule has 9 heavy (non-hydrogen) atoms. The van der Waals surface area contributed by atoms with Crippen molar-refractivity contribution in [2.75, 3.05) is 13.2 Å². The quantitative estimate of drug-likeness (QED) is 0.447. The molecule has 0 bridgehead atoms. The summed E-state index contributed by atoms with van der Waals surface area (Å²) in [5.74, 6) is 0. The van der Waals surface area contributed by atoms with Gasteiger partial charge in [0, 0.05) is 13.0 Å². The average molecular weight is 128 g/mol. The Morgan fingerprint density at radius 1 is 1.78 bits per heavy atom. The second kappa shape index (κ2) is 2.50. The van der Waals surface area contributed by atoms with Gasteiger partial charge in [-0.15, -0.1) is 6.58 Å². The van der Waals surface area contributed by atoms with Gasteiger partial charge < -0.3 is 9.84 Å². The predicted molar refractivity (Wildman–Crippen MR) is 35.2 cm³/mol. The summed E-state index contributed by atoms with van der Waals surface area (Å²) < 4.78 is 5.15. The molecule has 0 aromatic carbocycles. The predicted octanol–water partition coefficient (Wildman–Crippen LogP) is 0.714. The largest absolute Gasteiger partial charge is 0.396 e. The van der Waals surface area contributed by atoms with Crippen LogP contribution in [0.1, 0.15) is 12.8 Å². The van der Waals surface area contributed by atoms with E-state index in [-0.39, 0.29) is 12.2 Å². The van der Waals surface area contributed by atoms with Crippen LogP contribution in [0.5, 0.6) is 0 Å². The first-order valence-corrected chi connectivity index (χ1v) is 3.19. The number of aliphatic hydroxyl groups excluding tert-OH is 1. The van der Waals surface area contributed by atoms with Crippen LogP contribution in [0.3, 0.4) is 0 Å². The molecule has 0 spiro atoms. The molecule has 1 saturated heterocycles. The lowest BCUT2D eigenvalue weighted by atomic mass is 10.0. The lowest BCUT2D eigenvalue weighted by molar-refractivity contribution is 0.214. The average Bonchev–Trinajstić information content (AvgIpc) is 2.51. The van der Waals surface area contributed by atoms with E-state index in [2.05, 4.69) is 6.58 Å². The minimum atomic E-state index is -0.0174. The fourth-order valence-electron chi connectivity index (χ4n) is 0.933. The van der Waals surface area contributed by atoms with Crippen LogP contribution in [0, 0.1) is 0 Å². The van der Waals surface area contributed by atoms with Crippen molar-refractivity contribution >= 4 is 0 Å². The molecule has 0 aromatic heterocycles. The van der Waals surface area contributed by atoms with Crippen molar-refractivity contribution in [2.24, 2.45) is 0 Å². The minimum Gasteiger partial charge on any atom is -0.396 e. The van der Waals surface area contributed by atoms with E-state index in [9.17, 15) is 0 Å². The minimum absolute atomic E-state index is 0.0174. The summed E-state index contributed by atoms with van der Waals surface area (Å²) >= 11 is 0. The molecule has 1 rings (SSSR count). The van der Waals surface area contributed by atoms with Crippen molar-refractivity contribution in [1.29, 1.82) is 0 Å². The SMILES string of the molecule is C=CCC1(CCO)CO1. The van der Waals surface area contributed by atoms with Crippen LogP contribution in [0.2, 0.25) is 0 Å². The van der Waals surface area contributed by atoms with Crippen molar-refractivity contribution in [3.05, 3.63) is 12.7 Å². The summed E-state index contributed by atoms with van der Waals surface area (Å²) in [7, 11) is 0. The first-order valence-electron chi connectivity index (χ1n) is 3.19. The Bertz CT molecular complexity index is 105. The van der Waals surface area contributed by atoms with Gasteiger partial charge in [-0.05, 0) is 6.42 Å². The number of rotatable bonds is 4. The highest BCUT2D eigenvalue weighted by molar-refractivity contribution is 4.96. The number of ether oxygens (including phenoxy) is 1. The van der Waals surface area contributed by atoms with Crippen molar-refractivity contribution < 1.29 is 9.84 Å². The molecule has 1 fully saturated rings. The Morgan fingerprint density at radius 3 is 2.78 bits per heavy atom. The topological polar surface area (TPSA) is 32.8 Å². The summed E-state index contributed by atoms with van der Waals surface area (Å²) in [5, 5.41) is 8.55. The Hall–Kier alpha value is -0.340. The van der Waals surface area contributed by atoms with E-state index < -0.39 is 0 Å². The fraction of sp³-hybridized carbons (Fsp3) is 0.714. The number of hydrogen-bond donors (Lipinski definition) is 1. The highest BCUT2D eigenvalue weighted by Gasteiger charge is 2.42. The van der Waals surface area contributed by atoms with Crippen LogP contribution in [0.25, 0.3) is 0 Å². The molecular weight excluding hydrogens is 116 g/mol. The molecule has 1 aliphatic rings.